The van der Waals surface area contributed by atoms with E-state index in [0.717, 1.165) is 19.6 Å². The minimum absolute atomic E-state index is 0.602. The third-order valence-electron chi connectivity index (χ3n) is 2.34. The number of halogens is 1. The van der Waals surface area contributed by atoms with E-state index >= 15 is 0 Å². The largest absolute Gasteiger partial charge is 0.313 e. The molecule has 13 heavy (non-hydrogen) atoms. The van der Waals surface area contributed by atoms with E-state index < -0.39 is 0 Å². The van der Waals surface area contributed by atoms with Crippen LogP contribution in [0.15, 0.2) is 11.1 Å². The maximum absolute atomic E-state index is 5.64. The van der Waals surface area contributed by atoms with Gasteiger partial charge in [-0.25, -0.2) is 0 Å². The van der Waals surface area contributed by atoms with Crippen molar-refractivity contribution in [2.75, 3.05) is 26.2 Å². The van der Waals surface area contributed by atoms with E-state index in [2.05, 4.69) is 24.1 Å². The quantitative estimate of drug-likeness (QED) is 0.735. The molecule has 2 nitrogen and oxygen atoms in total. The predicted octanol–water partition coefficient (Wildman–Crippen LogP) is 1.81. The number of hydrogen-bond acceptors (Lipinski definition) is 2. The third kappa shape index (κ3) is 4.12. The average molecular weight is 203 g/mol. The fourth-order valence-corrected chi connectivity index (χ4v) is 1.79. The summed E-state index contributed by atoms with van der Waals surface area (Å²) in [6.45, 7) is 8.77. The van der Waals surface area contributed by atoms with Gasteiger partial charge in [0.05, 0.1) is 0 Å². The second-order valence-corrected chi connectivity index (χ2v) is 4.12. The Kier molecular flexibility index (Phi) is 4.78. The molecule has 1 aliphatic heterocycles. The maximum Gasteiger partial charge on any atom is 0.0202 e. The standard InChI is InChI=1S/C10H19ClN2/c1-9(6-11)7-13-5-3-4-12-10(2)8-13/h6,10,12H,3-5,7-8H2,1-2H3. The van der Waals surface area contributed by atoms with Crippen molar-refractivity contribution in [3.05, 3.63) is 11.1 Å². The molecule has 0 aromatic heterocycles. The van der Waals surface area contributed by atoms with Gasteiger partial charge in [0.15, 0.2) is 0 Å². The first kappa shape index (κ1) is 11.0. The van der Waals surface area contributed by atoms with Crippen LogP contribution < -0.4 is 5.32 Å². The van der Waals surface area contributed by atoms with E-state index in [1.807, 2.05) is 0 Å². The van der Waals surface area contributed by atoms with Gasteiger partial charge in [0.2, 0.25) is 0 Å². The van der Waals surface area contributed by atoms with Crippen molar-refractivity contribution < 1.29 is 0 Å². The normalized spacial score (nSPS) is 27.3. The zero-order valence-electron chi connectivity index (χ0n) is 8.52. The summed E-state index contributed by atoms with van der Waals surface area (Å²) in [6.07, 6.45) is 1.24. The monoisotopic (exact) mass is 202 g/mol. The van der Waals surface area contributed by atoms with Gasteiger partial charge in [0.1, 0.15) is 0 Å². The molecule has 0 bridgehead atoms. The zero-order valence-corrected chi connectivity index (χ0v) is 9.27. The van der Waals surface area contributed by atoms with Gasteiger partial charge in [0, 0.05) is 24.7 Å². The highest BCUT2D eigenvalue weighted by atomic mass is 35.5. The maximum atomic E-state index is 5.64. The summed E-state index contributed by atoms with van der Waals surface area (Å²) in [5, 5.41) is 3.47. The van der Waals surface area contributed by atoms with E-state index in [9.17, 15) is 0 Å². The van der Waals surface area contributed by atoms with Gasteiger partial charge in [-0.05, 0) is 38.9 Å². The fourth-order valence-electron chi connectivity index (χ4n) is 1.73. The second-order valence-electron chi connectivity index (χ2n) is 3.90. The van der Waals surface area contributed by atoms with Crippen molar-refractivity contribution in [3.8, 4) is 0 Å². The SMILES string of the molecule is CC(=CCl)CN1CCCNC(C)C1. The number of nitrogens with zero attached hydrogens (tertiary/aromatic N) is 1. The highest BCUT2D eigenvalue weighted by Crippen LogP contribution is 2.05. The average Bonchev–Trinajstić information content (AvgIpc) is 2.30. The van der Waals surface area contributed by atoms with Crippen LogP contribution in [0, 0.1) is 0 Å². The Balaban J connectivity index is 2.39. The van der Waals surface area contributed by atoms with Crippen LogP contribution in [-0.4, -0.2) is 37.1 Å². The van der Waals surface area contributed by atoms with Gasteiger partial charge in [-0.15, -0.1) is 0 Å². The molecule has 1 aliphatic rings. The van der Waals surface area contributed by atoms with Crippen molar-refractivity contribution in [1.82, 2.24) is 10.2 Å². The molecule has 0 aliphatic carbocycles. The van der Waals surface area contributed by atoms with Crippen LogP contribution in [0.3, 0.4) is 0 Å². The molecule has 1 fully saturated rings. The molecule has 0 aromatic rings. The van der Waals surface area contributed by atoms with E-state index in [1.165, 1.54) is 18.5 Å². The molecule has 1 atom stereocenters. The molecule has 0 radical (unpaired) electrons. The lowest BCUT2D eigenvalue weighted by Crippen LogP contribution is -2.36. The summed E-state index contributed by atoms with van der Waals surface area (Å²) >= 11 is 5.64. The van der Waals surface area contributed by atoms with E-state index in [-0.39, 0.29) is 0 Å². The molecule has 0 amide bonds. The fraction of sp³-hybridized carbons (Fsp3) is 0.800. The molecule has 1 heterocycles. The van der Waals surface area contributed by atoms with E-state index in [4.69, 9.17) is 11.6 Å². The van der Waals surface area contributed by atoms with Crippen LogP contribution in [0.25, 0.3) is 0 Å². The Morgan fingerprint density at radius 1 is 1.69 bits per heavy atom. The molecule has 1 N–H and O–H groups in total. The Morgan fingerprint density at radius 2 is 2.46 bits per heavy atom. The summed E-state index contributed by atoms with van der Waals surface area (Å²) in [6, 6.07) is 0.602. The summed E-state index contributed by atoms with van der Waals surface area (Å²) in [4.78, 5) is 2.46. The highest BCUT2D eigenvalue weighted by molar-refractivity contribution is 6.25. The molecule has 76 valence electrons. The van der Waals surface area contributed by atoms with Gasteiger partial charge in [-0.1, -0.05) is 11.6 Å². The molecule has 1 unspecified atom stereocenters. The van der Waals surface area contributed by atoms with Crippen molar-refractivity contribution in [1.29, 1.82) is 0 Å². The van der Waals surface area contributed by atoms with Crippen LogP contribution in [0.1, 0.15) is 20.3 Å². The lowest BCUT2D eigenvalue weighted by atomic mass is 10.2. The molecule has 0 saturated carbocycles. The van der Waals surface area contributed by atoms with Crippen molar-refractivity contribution in [2.24, 2.45) is 0 Å². The van der Waals surface area contributed by atoms with Crippen LogP contribution in [0.2, 0.25) is 0 Å². The number of hydrogen-bond donors (Lipinski definition) is 1. The Hall–Kier alpha value is -0.0500. The van der Waals surface area contributed by atoms with Gasteiger partial charge in [-0.3, -0.25) is 4.90 Å². The van der Waals surface area contributed by atoms with Crippen molar-refractivity contribution in [2.45, 2.75) is 26.3 Å². The Labute approximate surface area is 85.9 Å². The summed E-state index contributed by atoms with van der Waals surface area (Å²) < 4.78 is 0. The van der Waals surface area contributed by atoms with Crippen molar-refractivity contribution >= 4 is 11.6 Å². The summed E-state index contributed by atoms with van der Waals surface area (Å²) in [7, 11) is 0. The van der Waals surface area contributed by atoms with Gasteiger partial charge in [0.25, 0.3) is 0 Å². The first-order valence-electron chi connectivity index (χ1n) is 4.94. The molecule has 1 saturated heterocycles. The summed E-state index contributed by atoms with van der Waals surface area (Å²) in [5.74, 6) is 0. The van der Waals surface area contributed by atoms with Gasteiger partial charge in [-0.2, -0.15) is 0 Å². The van der Waals surface area contributed by atoms with Crippen LogP contribution >= 0.6 is 11.6 Å². The topological polar surface area (TPSA) is 15.3 Å². The Bertz CT molecular complexity index is 180. The van der Waals surface area contributed by atoms with E-state index in [0.29, 0.717) is 6.04 Å². The molecular formula is C10H19ClN2. The number of nitrogens with one attached hydrogen (secondary N) is 1. The molecular weight excluding hydrogens is 184 g/mol. The minimum atomic E-state index is 0.602. The lowest BCUT2D eigenvalue weighted by Gasteiger charge is -2.22. The molecule has 0 spiro atoms. The number of rotatable bonds is 2. The first-order valence-corrected chi connectivity index (χ1v) is 5.37. The summed E-state index contributed by atoms with van der Waals surface area (Å²) in [5.41, 5.74) is 2.93. The van der Waals surface area contributed by atoms with E-state index in [1.54, 1.807) is 5.54 Å². The lowest BCUT2D eigenvalue weighted by molar-refractivity contribution is 0.295. The smallest absolute Gasteiger partial charge is 0.0202 e. The Morgan fingerprint density at radius 3 is 3.15 bits per heavy atom. The highest BCUT2D eigenvalue weighted by Gasteiger charge is 2.13. The van der Waals surface area contributed by atoms with Crippen LogP contribution in [0.5, 0.6) is 0 Å². The molecule has 0 aromatic carbocycles. The third-order valence-corrected chi connectivity index (χ3v) is 2.71. The predicted molar refractivity (Wildman–Crippen MR) is 58.1 cm³/mol. The minimum Gasteiger partial charge on any atom is -0.313 e. The second kappa shape index (κ2) is 5.63. The molecule has 3 heteroatoms. The van der Waals surface area contributed by atoms with Crippen molar-refractivity contribution in [3.63, 3.8) is 0 Å². The zero-order chi connectivity index (χ0) is 9.68. The van der Waals surface area contributed by atoms with Gasteiger partial charge >= 0.3 is 0 Å². The first-order chi connectivity index (χ1) is 6.22. The molecule has 1 rings (SSSR count). The van der Waals surface area contributed by atoms with Gasteiger partial charge < -0.3 is 5.32 Å². The van der Waals surface area contributed by atoms with Crippen LogP contribution in [0.4, 0.5) is 0 Å². The van der Waals surface area contributed by atoms with Crippen LogP contribution in [-0.2, 0) is 0 Å².